The summed E-state index contributed by atoms with van der Waals surface area (Å²) in [5.41, 5.74) is 0. The Morgan fingerprint density at radius 1 is 0.339 bits per heavy atom. The molecule has 0 spiro atoms. The Morgan fingerprint density at radius 2 is 0.548 bits per heavy atom. The van der Waals surface area contributed by atoms with Gasteiger partial charge in [0, 0.05) is 0 Å². The van der Waals surface area contributed by atoms with E-state index < -0.39 is 18.2 Å². The lowest BCUT2D eigenvalue weighted by Crippen LogP contribution is -2.46. The zero-order valence-electron chi connectivity index (χ0n) is 42.5. The summed E-state index contributed by atoms with van der Waals surface area (Å²) in [4.78, 5) is 12.5. The lowest BCUT2D eigenvalue weighted by atomic mass is 10.0. The van der Waals surface area contributed by atoms with Gasteiger partial charge in [-0.25, -0.2) is 0 Å². The van der Waals surface area contributed by atoms with Crippen LogP contribution in [0.25, 0.3) is 0 Å². The van der Waals surface area contributed by atoms with Crippen LogP contribution < -0.4 is 5.32 Å². The van der Waals surface area contributed by atoms with E-state index >= 15 is 0 Å². The second-order valence-corrected chi connectivity index (χ2v) is 20.3. The quantitative estimate of drug-likeness (QED) is 0.0458. The Balaban J connectivity index is 3.47. The minimum atomic E-state index is -0.745. The van der Waals surface area contributed by atoms with Crippen LogP contribution in [0.5, 0.6) is 0 Å². The average Bonchev–Trinajstić information content (AvgIpc) is 3.27. The first-order chi connectivity index (χ1) is 30.5. The molecule has 0 aromatic carbocycles. The van der Waals surface area contributed by atoms with Crippen LogP contribution in [0.4, 0.5) is 0 Å². The van der Waals surface area contributed by atoms with E-state index in [1.54, 1.807) is 0 Å². The van der Waals surface area contributed by atoms with Crippen LogP contribution in [0.2, 0.25) is 0 Å². The predicted molar refractivity (Wildman–Crippen MR) is 273 cm³/mol. The lowest BCUT2D eigenvalue weighted by molar-refractivity contribution is -0.125. The minimum Gasteiger partial charge on any atom is -0.394 e. The van der Waals surface area contributed by atoms with E-state index in [4.69, 9.17) is 0 Å². The van der Waals surface area contributed by atoms with Gasteiger partial charge >= 0.3 is 0 Å². The maximum atomic E-state index is 12.5. The number of nitrogens with one attached hydrogen (secondary N) is 1. The highest BCUT2D eigenvalue weighted by Crippen LogP contribution is 2.19. The lowest BCUT2D eigenvalue weighted by Gasteiger charge is -2.23. The molecule has 4 N–H and O–H groups in total. The van der Waals surface area contributed by atoms with Crippen LogP contribution in [0.1, 0.15) is 335 Å². The Labute approximate surface area is 389 Å². The summed E-state index contributed by atoms with van der Waals surface area (Å²) in [6.45, 7) is 4.31. The Kier molecular flexibility index (Phi) is 52.4. The van der Waals surface area contributed by atoms with Gasteiger partial charge in [0.25, 0.3) is 0 Å². The molecule has 0 saturated carbocycles. The van der Waals surface area contributed by atoms with Gasteiger partial charge in [-0.3, -0.25) is 4.79 Å². The molecule has 3 atom stereocenters. The van der Waals surface area contributed by atoms with Gasteiger partial charge < -0.3 is 20.6 Å². The molecular weight excluding hydrogens is 763 g/mol. The van der Waals surface area contributed by atoms with Crippen LogP contribution in [0.15, 0.2) is 0 Å². The second-order valence-electron chi connectivity index (χ2n) is 20.3. The number of hydrogen-bond acceptors (Lipinski definition) is 4. The first kappa shape index (κ1) is 61.4. The molecule has 0 radical (unpaired) electrons. The summed E-state index contributed by atoms with van der Waals surface area (Å²) in [6.07, 6.45) is 64.1. The monoisotopic (exact) mass is 878 g/mol. The van der Waals surface area contributed by atoms with Crippen LogP contribution in [-0.4, -0.2) is 46.1 Å². The highest BCUT2D eigenvalue weighted by Gasteiger charge is 2.21. The largest absolute Gasteiger partial charge is 0.394 e. The Morgan fingerprint density at radius 3 is 0.774 bits per heavy atom. The molecule has 0 bridgehead atoms. The number of rotatable bonds is 54. The van der Waals surface area contributed by atoms with Crippen molar-refractivity contribution in [3.05, 3.63) is 0 Å². The average molecular weight is 879 g/mol. The van der Waals surface area contributed by atoms with Crippen molar-refractivity contribution >= 4 is 5.91 Å². The number of carbonyl (C=O) groups is 1. The molecule has 0 heterocycles. The van der Waals surface area contributed by atoms with Crippen LogP contribution in [0.3, 0.4) is 0 Å². The molecule has 62 heavy (non-hydrogen) atoms. The molecule has 5 heteroatoms. The number of amides is 1. The van der Waals surface area contributed by atoms with E-state index in [0.717, 1.165) is 25.7 Å². The van der Waals surface area contributed by atoms with Gasteiger partial charge in [-0.1, -0.05) is 316 Å². The smallest absolute Gasteiger partial charge is 0.222 e. The summed E-state index contributed by atoms with van der Waals surface area (Å²) in [7, 11) is 0. The van der Waals surface area contributed by atoms with E-state index in [9.17, 15) is 20.1 Å². The third-order valence-corrected chi connectivity index (χ3v) is 13.9. The molecule has 0 aromatic rings. The molecule has 0 aliphatic carbocycles. The molecule has 1 amide bonds. The molecular formula is C57H115NO4. The highest BCUT2D eigenvalue weighted by molar-refractivity contribution is 5.76. The van der Waals surface area contributed by atoms with Crippen LogP contribution in [0, 0.1) is 0 Å². The Hall–Kier alpha value is -0.650. The molecule has 0 aromatic heterocycles. The van der Waals surface area contributed by atoms with Gasteiger partial charge in [0.15, 0.2) is 0 Å². The highest BCUT2D eigenvalue weighted by atomic mass is 16.3. The Bertz CT molecular complexity index is 838. The van der Waals surface area contributed by atoms with E-state index in [2.05, 4.69) is 19.2 Å². The third kappa shape index (κ3) is 48.8. The van der Waals surface area contributed by atoms with Gasteiger partial charge in [0.1, 0.15) is 0 Å². The van der Waals surface area contributed by atoms with E-state index in [0.29, 0.717) is 12.8 Å². The van der Waals surface area contributed by atoms with Crippen molar-refractivity contribution in [1.82, 2.24) is 5.32 Å². The summed E-state index contributed by atoms with van der Waals surface area (Å²) in [5, 5.41) is 33.6. The van der Waals surface area contributed by atoms with Gasteiger partial charge in [0.2, 0.25) is 5.91 Å². The topological polar surface area (TPSA) is 89.8 Å². The SMILES string of the molecule is CCCCCCCCCCCCCCCCCCCCCCCCCCCCCCC(O)CC(=O)NC(CO)C(O)CCCCCCCCCCCCCCCCCCCCC. The fraction of sp³-hybridized carbons (Fsp3) is 0.982. The minimum absolute atomic E-state index is 0.0436. The van der Waals surface area contributed by atoms with E-state index in [-0.39, 0.29) is 18.9 Å². The van der Waals surface area contributed by atoms with Crippen molar-refractivity contribution in [2.24, 2.45) is 0 Å². The van der Waals surface area contributed by atoms with Gasteiger partial charge in [0.05, 0.1) is 31.3 Å². The van der Waals surface area contributed by atoms with Gasteiger partial charge in [-0.2, -0.15) is 0 Å². The van der Waals surface area contributed by atoms with Gasteiger partial charge in [-0.15, -0.1) is 0 Å². The zero-order chi connectivity index (χ0) is 45.1. The molecule has 0 aliphatic rings. The summed E-state index contributed by atoms with van der Waals surface area (Å²) >= 11 is 0. The summed E-state index contributed by atoms with van der Waals surface area (Å²) in [6, 6.07) is -0.654. The van der Waals surface area contributed by atoms with Crippen molar-refractivity contribution in [1.29, 1.82) is 0 Å². The fourth-order valence-corrected chi connectivity index (χ4v) is 9.53. The normalized spacial score (nSPS) is 13.2. The molecule has 0 saturated heterocycles. The second kappa shape index (κ2) is 53.0. The van der Waals surface area contributed by atoms with Crippen molar-refractivity contribution in [2.45, 2.75) is 353 Å². The number of unbranched alkanes of at least 4 members (excludes halogenated alkanes) is 45. The first-order valence-corrected chi connectivity index (χ1v) is 28.8. The number of hydrogen-bond donors (Lipinski definition) is 4. The predicted octanol–water partition coefficient (Wildman–Crippen LogP) is 17.7. The van der Waals surface area contributed by atoms with Crippen LogP contribution in [-0.2, 0) is 4.79 Å². The molecule has 0 aliphatic heterocycles. The summed E-state index contributed by atoms with van der Waals surface area (Å²) < 4.78 is 0. The fourth-order valence-electron chi connectivity index (χ4n) is 9.53. The van der Waals surface area contributed by atoms with Crippen molar-refractivity contribution < 1.29 is 20.1 Å². The molecule has 5 nitrogen and oxygen atoms in total. The molecule has 372 valence electrons. The summed E-state index contributed by atoms with van der Waals surface area (Å²) in [5.74, 6) is -0.274. The van der Waals surface area contributed by atoms with Crippen molar-refractivity contribution in [2.75, 3.05) is 6.61 Å². The number of carbonyl (C=O) groups excluding carboxylic acids is 1. The van der Waals surface area contributed by atoms with E-state index in [1.807, 2.05) is 0 Å². The molecule has 0 rings (SSSR count). The molecule has 3 unspecified atom stereocenters. The van der Waals surface area contributed by atoms with Crippen LogP contribution >= 0.6 is 0 Å². The van der Waals surface area contributed by atoms with E-state index in [1.165, 1.54) is 276 Å². The third-order valence-electron chi connectivity index (χ3n) is 13.9. The van der Waals surface area contributed by atoms with Crippen molar-refractivity contribution in [3.63, 3.8) is 0 Å². The number of aliphatic hydroxyl groups is 3. The van der Waals surface area contributed by atoms with Crippen molar-refractivity contribution in [3.8, 4) is 0 Å². The first-order valence-electron chi connectivity index (χ1n) is 28.8. The molecule has 0 fully saturated rings. The van der Waals surface area contributed by atoms with Gasteiger partial charge in [-0.05, 0) is 12.8 Å². The maximum Gasteiger partial charge on any atom is 0.222 e. The zero-order valence-corrected chi connectivity index (χ0v) is 42.5. The number of aliphatic hydroxyl groups excluding tert-OH is 3. The maximum absolute atomic E-state index is 12.5. The standard InChI is InChI=1S/C57H115NO4/c1-3-5-7-9-11-13-15-17-19-21-23-24-25-26-27-28-29-30-31-33-34-36-38-40-42-44-46-48-50-54(60)52-57(62)58-55(53-59)56(61)51-49-47-45-43-41-39-37-35-32-22-20-18-16-14-12-10-8-6-4-2/h54-56,59-61H,3-53H2,1-2H3,(H,58,62).